The molecule has 0 aliphatic rings. The van der Waals surface area contributed by atoms with E-state index < -0.39 is 0 Å². The highest BCUT2D eigenvalue weighted by Gasteiger charge is 2.12. The number of hydrogen-bond acceptors (Lipinski definition) is 4. The van der Waals surface area contributed by atoms with E-state index >= 15 is 0 Å². The summed E-state index contributed by atoms with van der Waals surface area (Å²) in [7, 11) is 0. The molecule has 2 aromatic rings. The van der Waals surface area contributed by atoms with Crippen LogP contribution in [0.25, 0.3) is 11.3 Å². The molecule has 1 atom stereocenters. The lowest BCUT2D eigenvalue weighted by atomic mass is 10.0. The van der Waals surface area contributed by atoms with Crippen molar-refractivity contribution in [2.45, 2.75) is 20.0 Å². The minimum absolute atomic E-state index is 0.0157. The van der Waals surface area contributed by atoms with Crippen molar-refractivity contribution >= 4 is 21.9 Å². The van der Waals surface area contributed by atoms with Crippen molar-refractivity contribution in [3.63, 3.8) is 0 Å². The van der Waals surface area contributed by atoms with Crippen molar-refractivity contribution in [3.05, 3.63) is 44.7 Å². The molecule has 1 aromatic carbocycles. The topological polar surface area (TPSA) is 81.0 Å². The molecule has 2 rings (SSSR count). The predicted octanol–water partition coefficient (Wildman–Crippen LogP) is 2.88. The fraction of sp³-hybridized carbons (Fsp3) is 0.286. The third-order valence-electron chi connectivity index (χ3n) is 2.93. The Hall–Kier alpha value is -1.66. The van der Waals surface area contributed by atoms with E-state index in [-0.39, 0.29) is 17.6 Å². The highest BCUT2D eigenvalue weighted by atomic mass is 79.9. The number of rotatable bonds is 4. The zero-order valence-corrected chi connectivity index (χ0v) is 12.9. The van der Waals surface area contributed by atoms with Gasteiger partial charge < -0.3 is 10.5 Å². The standard InChI is InChI=1S/C14H16BrN3O2/c1-3-20-8(2)9-5-4-6-10(7-9)12-11(15)13(19)18-14(16)17-12/h4-8H,3H2,1-2H3,(H3,16,17,18,19). The van der Waals surface area contributed by atoms with Crippen molar-refractivity contribution in [2.24, 2.45) is 0 Å². The average molecular weight is 338 g/mol. The number of hydrogen-bond donors (Lipinski definition) is 2. The smallest absolute Gasteiger partial charge is 0.267 e. The van der Waals surface area contributed by atoms with Crippen LogP contribution < -0.4 is 11.3 Å². The van der Waals surface area contributed by atoms with Crippen LogP contribution in [0.15, 0.2) is 33.5 Å². The van der Waals surface area contributed by atoms with Crippen molar-refractivity contribution in [1.29, 1.82) is 0 Å². The summed E-state index contributed by atoms with van der Waals surface area (Å²) in [5, 5.41) is 0. The zero-order valence-electron chi connectivity index (χ0n) is 11.3. The summed E-state index contributed by atoms with van der Waals surface area (Å²) in [5.74, 6) is 0.0939. The molecule has 20 heavy (non-hydrogen) atoms. The maximum absolute atomic E-state index is 11.7. The lowest BCUT2D eigenvalue weighted by Gasteiger charge is -2.13. The van der Waals surface area contributed by atoms with Crippen molar-refractivity contribution in [1.82, 2.24) is 9.97 Å². The van der Waals surface area contributed by atoms with Crippen molar-refractivity contribution in [2.75, 3.05) is 12.3 Å². The van der Waals surface area contributed by atoms with Gasteiger partial charge in [-0.15, -0.1) is 0 Å². The third-order valence-corrected chi connectivity index (χ3v) is 3.66. The first kappa shape index (κ1) is 14.7. The van der Waals surface area contributed by atoms with E-state index in [4.69, 9.17) is 10.5 Å². The summed E-state index contributed by atoms with van der Waals surface area (Å²) in [6.07, 6.45) is -0.0157. The molecule has 0 saturated carbocycles. The molecule has 0 fully saturated rings. The van der Waals surface area contributed by atoms with Gasteiger partial charge in [-0.2, -0.15) is 0 Å². The number of nitrogens with one attached hydrogen (secondary N) is 1. The van der Waals surface area contributed by atoms with Gasteiger partial charge in [-0.25, -0.2) is 4.98 Å². The number of halogens is 1. The molecule has 0 amide bonds. The molecule has 1 aromatic heterocycles. The number of nitrogens with two attached hydrogens (primary N) is 1. The zero-order chi connectivity index (χ0) is 14.7. The molecule has 0 bridgehead atoms. The summed E-state index contributed by atoms with van der Waals surface area (Å²) in [6, 6.07) is 7.72. The molecule has 0 aliphatic heterocycles. The second kappa shape index (κ2) is 6.19. The molecule has 106 valence electrons. The molecular formula is C14H16BrN3O2. The maximum atomic E-state index is 11.7. The van der Waals surface area contributed by atoms with Gasteiger partial charge in [-0.1, -0.05) is 18.2 Å². The second-order valence-electron chi connectivity index (χ2n) is 4.34. The third kappa shape index (κ3) is 3.08. The van der Waals surface area contributed by atoms with E-state index in [1.54, 1.807) is 0 Å². The Kier molecular flexibility index (Phi) is 4.57. The summed E-state index contributed by atoms with van der Waals surface area (Å²) in [4.78, 5) is 18.3. The molecule has 0 spiro atoms. The fourth-order valence-corrected chi connectivity index (χ4v) is 2.37. The first-order valence-corrected chi connectivity index (χ1v) is 7.09. The van der Waals surface area contributed by atoms with Gasteiger partial charge in [-0.3, -0.25) is 9.78 Å². The number of ether oxygens (including phenoxy) is 1. The quantitative estimate of drug-likeness (QED) is 0.898. The molecule has 0 aliphatic carbocycles. The van der Waals surface area contributed by atoms with Crippen LogP contribution in [-0.2, 0) is 4.74 Å². The van der Waals surface area contributed by atoms with Crippen molar-refractivity contribution < 1.29 is 4.74 Å². The summed E-state index contributed by atoms with van der Waals surface area (Å²) < 4.78 is 5.94. The van der Waals surface area contributed by atoms with E-state index in [0.717, 1.165) is 11.1 Å². The summed E-state index contributed by atoms with van der Waals surface area (Å²) >= 11 is 3.25. The number of nitrogen functional groups attached to an aromatic ring is 1. The highest BCUT2D eigenvalue weighted by Crippen LogP contribution is 2.27. The Labute approximate surface area is 125 Å². The van der Waals surface area contributed by atoms with Gasteiger partial charge in [0.25, 0.3) is 5.56 Å². The molecule has 5 nitrogen and oxygen atoms in total. The lowest BCUT2D eigenvalue weighted by Crippen LogP contribution is -2.13. The molecule has 0 radical (unpaired) electrons. The van der Waals surface area contributed by atoms with Crippen LogP contribution >= 0.6 is 15.9 Å². The highest BCUT2D eigenvalue weighted by molar-refractivity contribution is 9.10. The van der Waals surface area contributed by atoms with Crippen LogP contribution in [0.4, 0.5) is 5.95 Å². The number of anilines is 1. The van der Waals surface area contributed by atoms with E-state index in [2.05, 4.69) is 25.9 Å². The SMILES string of the molecule is CCOC(C)c1cccc(-c2nc(N)[nH]c(=O)c2Br)c1. The number of benzene rings is 1. The number of H-pyrrole nitrogens is 1. The fourth-order valence-electron chi connectivity index (χ4n) is 1.95. The van der Waals surface area contributed by atoms with Gasteiger partial charge in [0.15, 0.2) is 0 Å². The van der Waals surface area contributed by atoms with Crippen LogP contribution in [0.2, 0.25) is 0 Å². The van der Waals surface area contributed by atoms with Crippen LogP contribution in [0, 0.1) is 0 Å². The number of aromatic amines is 1. The lowest BCUT2D eigenvalue weighted by molar-refractivity contribution is 0.0764. The minimum Gasteiger partial charge on any atom is -0.374 e. The minimum atomic E-state index is -0.296. The van der Waals surface area contributed by atoms with Gasteiger partial charge in [0.05, 0.1) is 11.8 Å². The van der Waals surface area contributed by atoms with Crippen molar-refractivity contribution in [3.8, 4) is 11.3 Å². The van der Waals surface area contributed by atoms with Gasteiger partial charge in [0.1, 0.15) is 4.47 Å². The molecule has 6 heteroatoms. The second-order valence-corrected chi connectivity index (χ2v) is 5.13. The molecular weight excluding hydrogens is 322 g/mol. The Bertz CT molecular complexity index is 670. The van der Waals surface area contributed by atoms with Crippen LogP contribution in [0.5, 0.6) is 0 Å². The van der Waals surface area contributed by atoms with Crippen LogP contribution in [0.3, 0.4) is 0 Å². The molecule has 3 N–H and O–H groups in total. The Morgan fingerprint density at radius 1 is 1.50 bits per heavy atom. The molecule has 0 saturated heterocycles. The number of aromatic nitrogens is 2. The van der Waals surface area contributed by atoms with E-state index in [1.807, 2.05) is 38.1 Å². The van der Waals surface area contributed by atoms with E-state index in [0.29, 0.717) is 16.8 Å². The van der Waals surface area contributed by atoms with Gasteiger partial charge in [-0.05, 0) is 41.4 Å². The summed E-state index contributed by atoms with van der Waals surface area (Å²) in [5.41, 5.74) is 7.67. The monoisotopic (exact) mass is 337 g/mol. The normalized spacial score (nSPS) is 12.3. The Morgan fingerprint density at radius 2 is 2.25 bits per heavy atom. The first-order chi connectivity index (χ1) is 9.52. The van der Waals surface area contributed by atoms with Crippen LogP contribution in [0.1, 0.15) is 25.5 Å². The van der Waals surface area contributed by atoms with E-state index in [1.165, 1.54) is 0 Å². The largest absolute Gasteiger partial charge is 0.374 e. The average Bonchev–Trinajstić information content (AvgIpc) is 2.43. The number of nitrogens with zero attached hydrogens (tertiary/aromatic N) is 1. The predicted molar refractivity (Wildman–Crippen MR) is 82.4 cm³/mol. The first-order valence-electron chi connectivity index (χ1n) is 6.30. The maximum Gasteiger partial charge on any atom is 0.267 e. The van der Waals surface area contributed by atoms with Gasteiger partial charge in [0, 0.05) is 12.2 Å². The molecule has 1 unspecified atom stereocenters. The Balaban J connectivity index is 2.49. The van der Waals surface area contributed by atoms with Gasteiger partial charge in [0.2, 0.25) is 5.95 Å². The molecule has 1 heterocycles. The summed E-state index contributed by atoms with van der Waals surface area (Å²) in [6.45, 7) is 4.58. The Morgan fingerprint density at radius 3 is 2.95 bits per heavy atom. The van der Waals surface area contributed by atoms with Crippen LogP contribution in [-0.4, -0.2) is 16.6 Å². The van der Waals surface area contributed by atoms with E-state index in [9.17, 15) is 4.79 Å². The van der Waals surface area contributed by atoms with Gasteiger partial charge >= 0.3 is 0 Å².